The third kappa shape index (κ3) is 3.06. The van der Waals surface area contributed by atoms with Gasteiger partial charge in [-0.25, -0.2) is 0 Å². The molecule has 2 nitrogen and oxygen atoms in total. The van der Waals surface area contributed by atoms with E-state index in [4.69, 9.17) is 0 Å². The van der Waals surface area contributed by atoms with Crippen LogP contribution < -0.4 is 0 Å². The summed E-state index contributed by atoms with van der Waals surface area (Å²) in [6.07, 6.45) is -1.32. The molecule has 0 aromatic heterocycles. The summed E-state index contributed by atoms with van der Waals surface area (Å²) in [4.78, 5) is 0. The van der Waals surface area contributed by atoms with Crippen molar-refractivity contribution in [2.45, 2.75) is 77.0 Å². The highest BCUT2D eigenvalue weighted by molar-refractivity contribution is 5.15. The summed E-state index contributed by atoms with van der Waals surface area (Å²) in [5.41, 5.74) is -2.39. The van der Waals surface area contributed by atoms with Gasteiger partial charge in [0.1, 0.15) is 0 Å². The van der Waals surface area contributed by atoms with E-state index in [9.17, 15) is 23.5 Å². The summed E-state index contributed by atoms with van der Waals surface area (Å²) in [6.45, 7) is 4.22. The number of hydrogen-bond acceptors (Lipinski definition) is 2. The van der Waals surface area contributed by atoms with Gasteiger partial charge in [-0.05, 0) is 56.8 Å². The minimum absolute atomic E-state index is 0.0683. The molecule has 2 atom stereocenters. The van der Waals surface area contributed by atoms with E-state index in [1.54, 1.807) is 0 Å². The molecule has 0 bridgehead atoms. The first kappa shape index (κ1) is 16.6. The van der Waals surface area contributed by atoms with Crippen LogP contribution in [0.4, 0.5) is 13.2 Å². The molecular formula is C16H24F3NO. The Hall–Kier alpha value is -0.760. The number of rotatable bonds is 1. The molecule has 2 unspecified atom stereocenters. The maximum atomic E-state index is 13.0. The van der Waals surface area contributed by atoms with Gasteiger partial charge in [0.15, 0.2) is 0 Å². The first-order valence-corrected chi connectivity index (χ1v) is 7.74. The van der Waals surface area contributed by atoms with Crippen LogP contribution in [0.5, 0.6) is 0 Å². The number of hydrogen-bond donors (Lipinski definition) is 1. The quantitative estimate of drug-likeness (QED) is 0.770. The SMILES string of the molecule is CC1(C)CCC(C#N)(C2(O)CCCC(C(F)(F)F)C2)CC1. The van der Waals surface area contributed by atoms with Crippen LogP contribution in [-0.2, 0) is 0 Å². The Morgan fingerprint density at radius 2 is 1.67 bits per heavy atom. The Labute approximate surface area is 124 Å². The number of aliphatic hydroxyl groups is 1. The van der Waals surface area contributed by atoms with Crippen LogP contribution in [0, 0.1) is 28.1 Å². The number of nitrogens with zero attached hydrogens (tertiary/aromatic N) is 1. The second kappa shape index (κ2) is 5.15. The lowest BCUT2D eigenvalue weighted by molar-refractivity contribution is -0.216. The van der Waals surface area contributed by atoms with Crippen molar-refractivity contribution < 1.29 is 18.3 Å². The molecule has 5 heteroatoms. The van der Waals surface area contributed by atoms with Crippen LogP contribution in [0.25, 0.3) is 0 Å². The van der Waals surface area contributed by atoms with E-state index >= 15 is 0 Å². The average Bonchev–Trinajstić information content (AvgIpc) is 2.38. The third-order valence-electron chi connectivity index (χ3n) is 5.75. The highest BCUT2D eigenvalue weighted by atomic mass is 19.4. The summed E-state index contributed by atoms with van der Waals surface area (Å²) in [6, 6.07) is 2.22. The van der Waals surface area contributed by atoms with Crippen molar-refractivity contribution >= 4 is 0 Å². The Bertz CT molecular complexity index is 428. The molecule has 0 aliphatic heterocycles. The van der Waals surface area contributed by atoms with Crippen LogP contribution >= 0.6 is 0 Å². The lowest BCUT2D eigenvalue weighted by Gasteiger charge is -2.51. The molecule has 2 fully saturated rings. The summed E-state index contributed by atoms with van der Waals surface area (Å²) in [5, 5.41) is 20.6. The molecule has 0 saturated heterocycles. The molecule has 120 valence electrons. The van der Waals surface area contributed by atoms with Gasteiger partial charge in [-0.2, -0.15) is 18.4 Å². The van der Waals surface area contributed by atoms with Crippen molar-refractivity contribution in [1.82, 2.24) is 0 Å². The molecule has 21 heavy (non-hydrogen) atoms. The van der Waals surface area contributed by atoms with E-state index in [-0.39, 0.29) is 18.3 Å². The predicted octanol–water partition coefficient (Wildman–Crippen LogP) is 4.58. The molecule has 1 N–H and O–H groups in total. The molecule has 2 aliphatic carbocycles. The first-order chi connectivity index (χ1) is 9.54. The number of nitriles is 1. The second-order valence-corrected chi connectivity index (χ2v) is 7.72. The average molecular weight is 303 g/mol. The molecule has 2 rings (SSSR count). The fourth-order valence-corrected chi connectivity index (χ4v) is 4.00. The Kier molecular flexibility index (Phi) is 4.08. The van der Waals surface area contributed by atoms with Crippen LogP contribution in [0.15, 0.2) is 0 Å². The first-order valence-electron chi connectivity index (χ1n) is 7.74. The van der Waals surface area contributed by atoms with Crippen molar-refractivity contribution in [3.8, 4) is 6.07 Å². The zero-order chi connectivity index (χ0) is 15.9. The van der Waals surface area contributed by atoms with Crippen LogP contribution in [0.3, 0.4) is 0 Å². The van der Waals surface area contributed by atoms with Gasteiger partial charge in [-0.15, -0.1) is 0 Å². The topological polar surface area (TPSA) is 44.0 Å². The van der Waals surface area contributed by atoms with Gasteiger partial charge in [0.2, 0.25) is 0 Å². The van der Waals surface area contributed by atoms with Crippen molar-refractivity contribution in [3.63, 3.8) is 0 Å². The van der Waals surface area contributed by atoms with Gasteiger partial charge in [0.25, 0.3) is 0 Å². The lowest BCUT2D eigenvalue weighted by Crippen LogP contribution is -2.54. The highest BCUT2D eigenvalue weighted by Crippen LogP contribution is 2.56. The van der Waals surface area contributed by atoms with Crippen molar-refractivity contribution in [2.24, 2.45) is 16.7 Å². The summed E-state index contributed by atoms with van der Waals surface area (Å²) < 4.78 is 39.0. The monoisotopic (exact) mass is 303 g/mol. The van der Waals surface area contributed by atoms with E-state index < -0.39 is 23.1 Å². The molecule has 0 heterocycles. The number of alkyl halides is 3. The Morgan fingerprint density at radius 3 is 2.14 bits per heavy atom. The maximum absolute atomic E-state index is 13.0. The van der Waals surface area contributed by atoms with E-state index in [0.29, 0.717) is 25.7 Å². The van der Waals surface area contributed by atoms with E-state index in [0.717, 1.165) is 12.8 Å². The van der Waals surface area contributed by atoms with Crippen molar-refractivity contribution in [2.75, 3.05) is 0 Å². The predicted molar refractivity (Wildman–Crippen MR) is 73.3 cm³/mol. The van der Waals surface area contributed by atoms with Gasteiger partial charge in [0, 0.05) is 0 Å². The lowest BCUT2D eigenvalue weighted by atomic mass is 9.55. The van der Waals surface area contributed by atoms with E-state index in [1.807, 2.05) is 0 Å². The van der Waals surface area contributed by atoms with E-state index in [2.05, 4.69) is 19.9 Å². The standard InChI is InChI=1S/C16H24F3NO/c1-13(2)6-8-14(11-20,9-7-13)15(21)5-3-4-12(10-15)16(17,18)19/h12,21H,3-10H2,1-2H3. The Morgan fingerprint density at radius 1 is 1.10 bits per heavy atom. The van der Waals surface area contributed by atoms with Crippen LogP contribution in [0.1, 0.15) is 65.2 Å². The second-order valence-electron chi connectivity index (χ2n) is 7.72. The van der Waals surface area contributed by atoms with Crippen molar-refractivity contribution in [3.05, 3.63) is 0 Å². The van der Waals surface area contributed by atoms with Gasteiger partial charge in [0.05, 0.1) is 23.0 Å². The third-order valence-corrected chi connectivity index (χ3v) is 5.75. The molecular weight excluding hydrogens is 279 g/mol. The maximum Gasteiger partial charge on any atom is 0.391 e. The van der Waals surface area contributed by atoms with E-state index in [1.165, 1.54) is 0 Å². The zero-order valence-electron chi connectivity index (χ0n) is 12.8. The van der Waals surface area contributed by atoms with Crippen molar-refractivity contribution in [1.29, 1.82) is 5.26 Å². The molecule has 0 aromatic rings. The van der Waals surface area contributed by atoms with Crippen LogP contribution in [0.2, 0.25) is 0 Å². The van der Waals surface area contributed by atoms with Gasteiger partial charge < -0.3 is 5.11 Å². The molecule has 0 amide bonds. The molecule has 2 saturated carbocycles. The zero-order valence-corrected chi connectivity index (χ0v) is 12.8. The highest BCUT2D eigenvalue weighted by Gasteiger charge is 2.58. The van der Waals surface area contributed by atoms with Crippen LogP contribution in [-0.4, -0.2) is 16.9 Å². The molecule has 0 spiro atoms. The fourth-order valence-electron chi connectivity index (χ4n) is 4.00. The summed E-state index contributed by atoms with van der Waals surface area (Å²) in [5.74, 6) is -1.48. The molecule has 2 aliphatic rings. The summed E-state index contributed by atoms with van der Waals surface area (Å²) in [7, 11) is 0. The molecule has 0 aromatic carbocycles. The van der Waals surface area contributed by atoms with Gasteiger partial charge in [-0.1, -0.05) is 13.8 Å². The Balaban J connectivity index is 2.23. The minimum Gasteiger partial charge on any atom is -0.388 e. The largest absolute Gasteiger partial charge is 0.391 e. The number of halogens is 3. The minimum atomic E-state index is -4.28. The van der Waals surface area contributed by atoms with Gasteiger partial charge >= 0.3 is 6.18 Å². The normalized spacial score (nSPS) is 36.0. The summed E-state index contributed by atoms with van der Waals surface area (Å²) >= 11 is 0. The fraction of sp³-hybridized carbons (Fsp3) is 0.938. The smallest absolute Gasteiger partial charge is 0.388 e. The molecule has 0 radical (unpaired) electrons. The van der Waals surface area contributed by atoms with Gasteiger partial charge in [-0.3, -0.25) is 0 Å².